The Morgan fingerprint density at radius 2 is 1.96 bits per heavy atom. The first-order chi connectivity index (χ1) is 12.4. The maximum atomic E-state index is 12.3. The van der Waals surface area contributed by atoms with Crippen LogP contribution in [0.2, 0.25) is 0 Å². The molecule has 1 aromatic carbocycles. The van der Waals surface area contributed by atoms with E-state index in [0.717, 1.165) is 10.0 Å². The van der Waals surface area contributed by atoms with E-state index in [1.165, 1.54) is 10.7 Å². The highest BCUT2D eigenvalue weighted by atomic mass is 79.9. The number of carbonyl (C=O) groups is 1. The maximum absolute atomic E-state index is 12.3. The van der Waals surface area contributed by atoms with Gasteiger partial charge in [-0.1, -0.05) is 12.1 Å². The highest BCUT2D eigenvalue weighted by Crippen LogP contribution is 2.25. The number of nitrogens with one attached hydrogen (secondary N) is 1. The van der Waals surface area contributed by atoms with E-state index in [2.05, 4.69) is 21.4 Å². The number of rotatable bonds is 5. The van der Waals surface area contributed by atoms with Crippen LogP contribution >= 0.6 is 15.9 Å². The standard InChI is InChI=1S/C19H17BrN2O4/c1-12-9-13(2)22(18(23)10-12)21-19(24)17-8-7-14(26-17)11-25-16-6-4-3-5-15(16)20/h3-10H,11H2,1-2H3,(H,21,24). The molecule has 2 aromatic heterocycles. The third kappa shape index (κ3) is 4.05. The number of benzene rings is 1. The van der Waals surface area contributed by atoms with Crippen molar-refractivity contribution in [1.82, 2.24) is 4.68 Å². The number of carbonyl (C=O) groups excluding carboxylic acids is 1. The molecule has 3 aromatic rings. The van der Waals surface area contributed by atoms with Gasteiger partial charge < -0.3 is 9.15 Å². The van der Waals surface area contributed by atoms with Crippen molar-refractivity contribution in [3.05, 3.63) is 86.1 Å². The van der Waals surface area contributed by atoms with Crippen molar-refractivity contribution >= 4 is 21.8 Å². The van der Waals surface area contributed by atoms with E-state index in [0.29, 0.717) is 17.2 Å². The summed E-state index contributed by atoms with van der Waals surface area (Å²) in [5.74, 6) is 0.768. The van der Waals surface area contributed by atoms with E-state index < -0.39 is 5.91 Å². The summed E-state index contributed by atoms with van der Waals surface area (Å²) >= 11 is 3.40. The molecule has 0 aliphatic rings. The second kappa shape index (κ2) is 7.61. The van der Waals surface area contributed by atoms with E-state index >= 15 is 0 Å². The molecule has 0 spiro atoms. The largest absolute Gasteiger partial charge is 0.484 e. The molecule has 7 heteroatoms. The van der Waals surface area contributed by atoms with E-state index in [9.17, 15) is 9.59 Å². The molecule has 0 aliphatic carbocycles. The summed E-state index contributed by atoms with van der Waals surface area (Å²) in [5, 5.41) is 0. The van der Waals surface area contributed by atoms with Gasteiger partial charge in [0.25, 0.3) is 5.56 Å². The first kappa shape index (κ1) is 18.0. The molecule has 6 nitrogen and oxygen atoms in total. The molecular weight excluding hydrogens is 400 g/mol. The molecule has 134 valence electrons. The number of aryl methyl sites for hydroxylation is 2. The van der Waals surface area contributed by atoms with Gasteiger partial charge in [0.1, 0.15) is 18.1 Å². The van der Waals surface area contributed by atoms with Crippen LogP contribution < -0.4 is 15.7 Å². The number of pyridine rings is 1. The van der Waals surface area contributed by atoms with Gasteiger partial charge in [0.05, 0.1) is 4.47 Å². The van der Waals surface area contributed by atoms with Crippen molar-refractivity contribution in [3.8, 4) is 5.75 Å². The zero-order valence-corrected chi connectivity index (χ0v) is 15.9. The minimum absolute atomic E-state index is 0.0996. The van der Waals surface area contributed by atoms with Gasteiger partial charge in [0.2, 0.25) is 0 Å². The van der Waals surface area contributed by atoms with E-state index in [-0.39, 0.29) is 17.9 Å². The van der Waals surface area contributed by atoms with Crippen molar-refractivity contribution in [2.45, 2.75) is 20.5 Å². The lowest BCUT2D eigenvalue weighted by Crippen LogP contribution is -2.34. The van der Waals surface area contributed by atoms with Gasteiger partial charge in [-0.3, -0.25) is 15.0 Å². The highest BCUT2D eigenvalue weighted by molar-refractivity contribution is 9.10. The van der Waals surface area contributed by atoms with Crippen molar-refractivity contribution in [2.24, 2.45) is 0 Å². The topological polar surface area (TPSA) is 73.5 Å². The maximum Gasteiger partial charge on any atom is 0.305 e. The molecule has 0 bridgehead atoms. The lowest BCUT2D eigenvalue weighted by atomic mass is 10.2. The summed E-state index contributed by atoms with van der Waals surface area (Å²) in [7, 11) is 0. The molecule has 0 saturated heterocycles. The summed E-state index contributed by atoms with van der Waals surface area (Å²) in [4.78, 5) is 24.3. The van der Waals surface area contributed by atoms with E-state index in [4.69, 9.17) is 9.15 Å². The zero-order valence-electron chi connectivity index (χ0n) is 14.3. The molecule has 3 rings (SSSR count). The van der Waals surface area contributed by atoms with Crippen molar-refractivity contribution in [3.63, 3.8) is 0 Å². The number of aromatic nitrogens is 1. The van der Waals surface area contributed by atoms with E-state index in [1.54, 1.807) is 25.1 Å². The molecule has 0 fully saturated rings. The normalized spacial score (nSPS) is 10.6. The van der Waals surface area contributed by atoms with Crippen LogP contribution in [0.1, 0.15) is 27.6 Å². The van der Waals surface area contributed by atoms with Gasteiger partial charge in [-0.05, 0) is 65.7 Å². The Labute approximate surface area is 158 Å². The molecule has 26 heavy (non-hydrogen) atoms. The Kier molecular flexibility index (Phi) is 5.27. The Hall–Kier alpha value is -2.80. The average molecular weight is 417 g/mol. The minimum atomic E-state index is -0.508. The number of nitrogens with zero attached hydrogens (tertiary/aromatic N) is 1. The molecular formula is C19H17BrN2O4. The molecule has 0 radical (unpaired) electrons. The first-order valence-electron chi connectivity index (χ1n) is 7.92. The van der Waals surface area contributed by atoms with Crippen LogP contribution in [-0.2, 0) is 6.61 Å². The summed E-state index contributed by atoms with van der Waals surface area (Å²) in [6, 6.07) is 13.9. The highest BCUT2D eigenvalue weighted by Gasteiger charge is 2.14. The van der Waals surface area contributed by atoms with Crippen LogP contribution in [0.5, 0.6) is 5.75 Å². The van der Waals surface area contributed by atoms with Gasteiger partial charge in [-0.25, -0.2) is 4.68 Å². The van der Waals surface area contributed by atoms with Crippen LogP contribution in [0.15, 0.2) is 62.2 Å². The van der Waals surface area contributed by atoms with Crippen LogP contribution in [0.4, 0.5) is 0 Å². The van der Waals surface area contributed by atoms with Gasteiger partial charge in [0.15, 0.2) is 5.76 Å². The van der Waals surface area contributed by atoms with Crippen LogP contribution in [-0.4, -0.2) is 10.6 Å². The van der Waals surface area contributed by atoms with Crippen molar-refractivity contribution in [1.29, 1.82) is 0 Å². The molecule has 1 N–H and O–H groups in total. The zero-order chi connectivity index (χ0) is 18.7. The SMILES string of the molecule is Cc1cc(C)n(NC(=O)c2ccc(COc3ccccc3Br)o2)c(=O)c1. The number of ether oxygens (including phenoxy) is 1. The van der Waals surface area contributed by atoms with Crippen LogP contribution in [0, 0.1) is 13.8 Å². The lowest BCUT2D eigenvalue weighted by molar-refractivity contribution is 0.0976. The van der Waals surface area contributed by atoms with Gasteiger partial charge in [0, 0.05) is 11.8 Å². The summed E-state index contributed by atoms with van der Waals surface area (Å²) < 4.78 is 13.2. The summed E-state index contributed by atoms with van der Waals surface area (Å²) in [5.41, 5.74) is 3.70. The molecule has 2 heterocycles. The van der Waals surface area contributed by atoms with Crippen molar-refractivity contribution < 1.29 is 13.9 Å². The van der Waals surface area contributed by atoms with Gasteiger partial charge in [-0.15, -0.1) is 0 Å². The predicted molar refractivity (Wildman–Crippen MR) is 101 cm³/mol. The molecule has 0 aliphatic heterocycles. The average Bonchev–Trinajstić information content (AvgIpc) is 3.06. The fourth-order valence-electron chi connectivity index (χ4n) is 2.46. The van der Waals surface area contributed by atoms with Crippen LogP contribution in [0.25, 0.3) is 0 Å². The Morgan fingerprint density at radius 3 is 2.69 bits per heavy atom. The fourth-order valence-corrected chi connectivity index (χ4v) is 2.86. The fraction of sp³-hybridized carbons (Fsp3) is 0.158. The number of furan rings is 1. The molecule has 0 atom stereocenters. The number of hydrogen-bond donors (Lipinski definition) is 1. The summed E-state index contributed by atoms with van der Waals surface area (Å²) in [6.45, 7) is 3.75. The third-order valence-electron chi connectivity index (χ3n) is 3.67. The monoisotopic (exact) mass is 416 g/mol. The Bertz CT molecular complexity index is 1010. The second-order valence-electron chi connectivity index (χ2n) is 5.77. The van der Waals surface area contributed by atoms with Gasteiger partial charge >= 0.3 is 5.91 Å². The molecule has 1 amide bonds. The minimum Gasteiger partial charge on any atom is -0.484 e. The Morgan fingerprint density at radius 1 is 1.19 bits per heavy atom. The molecule has 0 unspecified atom stereocenters. The first-order valence-corrected chi connectivity index (χ1v) is 8.71. The van der Waals surface area contributed by atoms with Crippen molar-refractivity contribution in [2.75, 3.05) is 5.43 Å². The Balaban J connectivity index is 1.69. The number of amides is 1. The molecule has 0 saturated carbocycles. The third-order valence-corrected chi connectivity index (χ3v) is 4.32. The second-order valence-corrected chi connectivity index (χ2v) is 6.63. The smallest absolute Gasteiger partial charge is 0.305 e. The number of halogens is 1. The lowest BCUT2D eigenvalue weighted by Gasteiger charge is -2.10. The number of hydrogen-bond acceptors (Lipinski definition) is 4. The van der Waals surface area contributed by atoms with Gasteiger partial charge in [-0.2, -0.15) is 0 Å². The quantitative estimate of drug-likeness (QED) is 0.686. The number of para-hydroxylation sites is 1. The van der Waals surface area contributed by atoms with Crippen LogP contribution in [0.3, 0.4) is 0 Å². The van der Waals surface area contributed by atoms with E-state index in [1.807, 2.05) is 31.2 Å². The predicted octanol–water partition coefficient (Wildman–Crippen LogP) is 3.78. The summed E-state index contributed by atoms with van der Waals surface area (Å²) in [6.07, 6.45) is 0.